The Morgan fingerprint density at radius 2 is 1.38 bits per heavy atom. The Morgan fingerprint density at radius 3 is 1.91 bits per heavy atom. The lowest BCUT2D eigenvalue weighted by Gasteiger charge is -2.19. The van der Waals surface area contributed by atoms with Gasteiger partial charge >= 0.3 is 11.9 Å². The van der Waals surface area contributed by atoms with E-state index in [4.69, 9.17) is 14.2 Å². The van der Waals surface area contributed by atoms with Crippen molar-refractivity contribution in [1.82, 2.24) is 19.5 Å². The monoisotopic (exact) mass is 612 g/mol. The number of carbonyl (C=O) groups excluding carboxylic acids is 6. The van der Waals surface area contributed by atoms with Gasteiger partial charge in [-0.25, -0.2) is 14.8 Å². The summed E-state index contributed by atoms with van der Waals surface area (Å²) in [6.07, 6.45) is -1.12. The molecule has 1 fully saturated rings. The summed E-state index contributed by atoms with van der Waals surface area (Å²) in [7, 11) is 0. The summed E-state index contributed by atoms with van der Waals surface area (Å²) < 4.78 is 18.1. The number of amides is 4. The van der Waals surface area contributed by atoms with Crippen LogP contribution in [-0.2, 0) is 23.8 Å². The third kappa shape index (κ3) is 4.43. The van der Waals surface area contributed by atoms with Crippen LogP contribution < -0.4 is 9.80 Å². The Kier molecular flexibility index (Phi) is 6.47. The number of anilines is 2. The fraction of sp³-hybridized carbons (Fsp3) is 0.233. The Labute approximate surface area is 253 Å². The van der Waals surface area contributed by atoms with Gasteiger partial charge in [-0.1, -0.05) is 24.3 Å². The highest BCUT2D eigenvalue weighted by molar-refractivity contribution is 6.36. The van der Waals surface area contributed by atoms with Crippen molar-refractivity contribution in [3.63, 3.8) is 0 Å². The number of esters is 2. The lowest BCUT2D eigenvalue weighted by molar-refractivity contribution is -0.155. The van der Waals surface area contributed by atoms with Crippen molar-refractivity contribution < 1.29 is 43.0 Å². The Hall–Kier alpha value is -5.83. The number of imide groups is 2. The normalized spacial score (nSPS) is 20.6. The molecule has 0 aliphatic carbocycles. The van der Waals surface area contributed by atoms with Crippen LogP contribution in [0.15, 0.2) is 54.9 Å². The number of nitrogens with zero attached hydrogens (tertiary/aromatic N) is 6. The lowest BCUT2D eigenvalue weighted by atomic mass is 10.1. The first-order valence-corrected chi connectivity index (χ1v) is 13.8. The standard InChI is InChI=1S/C30H22N6O9/c1-14(37)43-12-21-20(44-15(2)38)11-22(45-21)34-13-31-23-24(34)32-30(36-28(41)18-9-5-6-10-19(18)29(36)42)33-25(23)35-26(39)16-7-3-4-8-17(16)27(35)40/h3-10,13,20-22H,11-12H2,1-2H3/t20-,21+,22+/m0/s1/i35+1,36+1. The summed E-state index contributed by atoms with van der Waals surface area (Å²) in [6.45, 7) is 2.26. The van der Waals surface area contributed by atoms with Gasteiger partial charge in [-0.2, -0.15) is 9.97 Å². The highest BCUT2D eigenvalue weighted by Gasteiger charge is 2.44. The van der Waals surface area contributed by atoms with Gasteiger partial charge in [0.2, 0.25) is 5.95 Å². The van der Waals surface area contributed by atoms with Gasteiger partial charge in [0.1, 0.15) is 25.0 Å². The van der Waals surface area contributed by atoms with Crippen LogP contribution in [0.1, 0.15) is 67.9 Å². The Morgan fingerprint density at radius 1 is 0.822 bits per heavy atom. The number of carbonyl (C=O) groups is 6. The minimum Gasteiger partial charge on any atom is -0.463 e. The smallest absolute Gasteiger partial charge is 0.303 e. The molecule has 226 valence electrons. The molecule has 0 saturated carbocycles. The van der Waals surface area contributed by atoms with E-state index in [-0.39, 0.29) is 52.3 Å². The van der Waals surface area contributed by atoms with E-state index in [2.05, 4.69) is 15.0 Å². The van der Waals surface area contributed by atoms with E-state index < -0.39 is 60.0 Å². The minimum absolute atomic E-state index is 0.000868. The molecule has 3 aliphatic heterocycles. The maximum absolute atomic E-state index is 13.5. The van der Waals surface area contributed by atoms with E-state index in [0.717, 1.165) is 9.80 Å². The summed E-state index contributed by atoms with van der Waals surface area (Å²) in [6, 6.07) is 12.4. The number of benzene rings is 2. The second kappa shape index (κ2) is 10.4. The highest BCUT2D eigenvalue weighted by Crippen LogP contribution is 2.38. The molecule has 3 aliphatic rings. The third-order valence-corrected chi connectivity index (χ3v) is 7.65. The van der Waals surface area contributed by atoms with Crippen molar-refractivity contribution in [2.45, 2.75) is 38.7 Å². The van der Waals surface area contributed by atoms with Crippen molar-refractivity contribution in [1.29, 1.82) is 0 Å². The number of aromatic nitrogens is 4. The van der Waals surface area contributed by atoms with Crippen molar-refractivity contribution >= 4 is 58.5 Å². The molecule has 4 aromatic rings. The molecule has 0 bridgehead atoms. The van der Waals surface area contributed by atoms with Crippen LogP contribution in [-0.4, -0.2) is 73.9 Å². The highest BCUT2D eigenvalue weighted by atomic mass is 16.6. The molecule has 15 heteroatoms. The van der Waals surface area contributed by atoms with Gasteiger partial charge in [-0.3, -0.25) is 33.3 Å². The Bertz CT molecular complexity index is 1920. The van der Waals surface area contributed by atoms with E-state index in [1.165, 1.54) is 49.0 Å². The number of imidazole rings is 1. The number of rotatable bonds is 6. The lowest BCUT2D eigenvalue weighted by Crippen LogP contribution is -2.34. The van der Waals surface area contributed by atoms with Gasteiger partial charge < -0.3 is 14.2 Å². The van der Waals surface area contributed by atoms with Gasteiger partial charge in [-0.05, 0) is 24.3 Å². The van der Waals surface area contributed by atoms with Gasteiger partial charge in [0.05, 0.1) is 28.6 Å². The zero-order valence-corrected chi connectivity index (χ0v) is 23.7. The van der Waals surface area contributed by atoms with Crippen LogP contribution in [0.2, 0.25) is 0 Å². The first kappa shape index (κ1) is 28.0. The largest absolute Gasteiger partial charge is 0.463 e. The molecule has 2 aromatic heterocycles. The predicted octanol–water partition coefficient (Wildman–Crippen LogP) is 2.21. The van der Waals surface area contributed by atoms with E-state index in [9.17, 15) is 28.8 Å². The first-order valence-electron chi connectivity index (χ1n) is 13.8. The number of ether oxygens (including phenoxy) is 3. The molecule has 0 radical (unpaired) electrons. The maximum Gasteiger partial charge on any atom is 0.303 e. The van der Waals surface area contributed by atoms with Gasteiger partial charge in [0, 0.05) is 20.3 Å². The number of hydrogen-bond acceptors (Lipinski definition) is 12. The molecule has 0 spiro atoms. The first-order chi connectivity index (χ1) is 21.6. The zero-order chi connectivity index (χ0) is 31.6. The van der Waals surface area contributed by atoms with E-state index in [0.29, 0.717) is 0 Å². The molecule has 45 heavy (non-hydrogen) atoms. The van der Waals surface area contributed by atoms with Crippen LogP contribution in [0.4, 0.5) is 11.8 Å². The van der Waals surface area contributed by atoms with E-state index in [1.54, 1.807) is 24.3 Å². The van der Waals surface area contributed by atoms with Crippen LogP contribution in [0, 0.1) is 0 Å². The molecule has 1 saturated heterocycles. The maximum atomic E-state index is 13.5. The number of fused-ring (bicyclic) bond motifs is 3. The van der Waals surface area contributed by atoms with E-state index in [1.807, 2.05) is 0 Å². The third-order valence-electron chi connectivity index (χ3n) is 7.65. The topological polar surface area (TPSA) is 180 Å². The molecule has 0 unspecified atom stereocenters. The molecular formula is C30H22N6O9. The SMILES string of the molecule is CC(=O)OC[C@H]1O[C@@H](n2cnc3c([15N]4C(=O)c5ccccc5C4=O)nc([15N]4C(=O)c5ccccc5C4=O)nc32)C[C@@H]1OC(C)=O. The number of hydrogen-bond donors (Lipinski definition) is 0. The van der Waals surface area contributed by atoms with E-state index >= 15 is 0 Å². The van der Waals surface area contributed by atoms with Crippen LogP contribution in [0.3, 0.4) is 0 Å². The molecule has 0 N–H and O–H groups in total. The van der Waals surface area contributed by atoms with Gasteiger partial charge in [0.25, 0.3) is 23.6 Å². The van der Waals surface area contributed by atoms with Crippen molar-refractivity contribution in [3.8, 4) is 0 Å². The predicted molar refractivity (Wildman–Crippen MR) is 151 cm³/mol. The molecule has 7 rings (SSSR count). The fourth-order valence-electron chi connectivity index (χ4n) is 5.67. The average Bonchev–Trinajstić information content (AvgIpc) is 3.74. The Balaban J connectivity index is 1.36. The molecular weight excluding hydrogens is 590 g/mol. The molecule has 15 nitrogen and oxygen atoms in total. The quantitative estimate of drug-likeness (QED) is 0.176. The van der Waals surface area contributed by atoms with Gasteiger partial charge in [0.15, 0.2) is 17.0 Å². The molecule has 5 heterocycles. The van der Waals surface area contributed by atoms with Crippen LogP contribution >= 0.6 is 0 Å². The molecule has 3 atom stereocenters. The average molecular weight is 613 g/mol. The second-order valence-electron chi connectivity index (χ2n) is 10.5. The van der Waals surface area contributed by atoms with Crippen molar-refractivity contribution in [3.05, 3.63) is 77.1 Å². The summed E-state index contributed by atoms with van der Waals surface area (Å²) in [5.74, 6) is -4.50. The van der Waals surface area contributed by atoms with Crippen LogP contribution in [0.5, 0.6) is 0 Å². The molecule has 2 aromatic carbocycles. The van der Waals surface area contributed by atoms with Crippen LogP contribution in [0.25, 0.3) is 11.2 Å². The van der Waals surface area contributed by atoms with Gasteiger partial charge in [-0.15, -0.1) is 0 Å². The minimum atomic E-state index is -0.889. The molecule has 4 amide bonds. The summed E-state index contributed by atoms with van der Waals surface area (Å²) >= 11 is 0. The summed E-state index contributed by atoms with van der Waals surface area (Å²) in [5, 5.41) is 0. The van der Waals surface area contributed by atoms with Crippen molar-refractivity contribution in [2.24, 2.45) is 0 Å². The summed E-state index contributed by atoms with van der Waals surface area (Å²) in [4.78, 5) is 92.1. The summed E-state index contributed by atoms with van der Waals surface area (Å²) in [5.41, 5.74) is 0.585. The fourth-order valence-corrected chi connectivity index (χ4v) is 5.67. The zero-order valence-electron chi connectivity index (χ0n) is 23.7. The second-order valence-corrected chi connectivity index (χ2v) is 10.5. The van der Waals surface area contributed by atoms with Crippen molar-refractivity contribution in [2.75, 3.05) is 16.4 Å².